The van der Waals surface area contributed by atoms with Crippen LogP contribution in [-0.2, 0) is 24.0 Å². The molecule has 1 aromatic rings. The van der Waals surface area contributed by atoms with Crippen molar-refractivity contribution in [3.8, 4) is 0 Å². The van der Waals surface area contributed by atoms with E-state index in [-0.39, 0.29) is 11.9 Å². The average molecular weight is 234 g/mol. The van der Waals surface area contributed by atoms with Crippen molar-refractivity contribution in [2.24, 2.45) is 0 Å². The number of imidazole rings is 1. The molecule has 0 saturated carbocycles. The summed E-state index contributed by atoms with van der Waals surface area (Å²) in [4.78, 5) is 2.85. The van der Waals surface area contributed by atoms with Gasteiger partial charge in [0.05, 0.1) is 12.3 Å². The third kappa shape index (κ3) is 2.52. The minimum Gasteiger partial charge on any atom is -0.390 e. The number of nitrogens with zero attached hydrogens (tertiary/aromatic N) is 1. The Bertz CT molecular complexity index is 383. The molecule has 4 nitrogen and oxygen atoms in total. The molecule has 1 heterocycles. The number of nitrogens with one attached hydrogen (secondary N) is 1. The van der Waals surface area contributed by atoms with Crippen LogP contribution in [-0.4, -0.2) is 30.4 Å². The molecule has 0 aliphatic carbocycles. The molecule has 1 rings (SSSR count). The summed E-state index contributed by atoms with van der Waals surface area (Å²) < 4.78 is 13.5. The second-order valence-corrected chi connectivity index (χ2v) is 5.35. The molecule has 0 aliphatic heterocycles. The minimum absolute atomic E-state index is 0.0304. The lowest BCUT2D eigenvalue weighted by Gasteiger charge is -2.11. The molecular formula is C8H14N2O2S2. The van der Waals surface area contributed by atoms with Crippen molar-refractivity contribution in [1.82, 2.24) is 9.55 Å². The van der Waals surface area contributed by atoms with Crippen LogP contribution in [0, 0.1) is 4.77 Å². The molecule has 0 radical (unpaired) electrons. The van der Waals surface area contributed by atoms with Crippen LogP contribution in [0.15, 0.2) is 6.20 Å². The molecule has 80 valence electrons. The summed E-state index contributed by atoms with van der Waals surface area (Å²) in [5.74, 6) is 0. The van der Waals surface area contributed by atoms with Gasteiger partial charge in [0, 0.05) is 35.0 Å². The minimum atomic E-state index is -0.876. The van der Waals surface area contributed by atoms with E-state index < -0.39 is 10.8 Å². The van der Waals surface area contributed by atoms with E-state index in [1.807, 2.05) is 6.92 Å². The summed E-state index contributed by atoms with van der Waals surface area (Å²) in [6.07, 6.45) is 3.34. The zero-order chi connectivity index (χ0) is 10.7. The maximum atomic E-state index is 11.2. The lowest BCUT2D eigenvalue weighted by atomic mass is 10.4. The van der Waals surface area contributed by atoms with Crippen molar-refractivity contribution in [3.05, 3.63) is 16.7 Å². The fourth-order valence-electron chi connectivity index (χ4n) is 1.12. The highest BCUT2D eigenvalue weighted by Gasteiger charge is 2.10. The monoisotopic (exact) mass is 234 g/mol. The summed E-state index contributed by atoms with van der Waals surface area (Å²) in [6.45, 7) is 2.41. The fraction of sp³-hybridized carbons (Fsp3) is 0.625. The van der Waals surface area contributed by atoms with Gasteiger partial charge in [-0.25, -0.2) is 0 Å². The van der Waals surface area contributed by atoms with Gasteiger partial charge in [-0.3, -0.25) is 4.21 Å². The number of aliphatic hydroxyl groups is 1. The van der Waals surface area contributed by atoms with Crippen LogP contribution in [0.5, 0.6) is 0 Å². The van der Waals surface area contributed by atoms with Gasteiger partial charge in [-0.05, 0) is 19.1 Å². The lowest BCUT2D eigenvalue weighted by molar-refractivity contribution is 0.270. The molecule has 0 saturated heterocycles. The Morgan fingerprint density at radius 1 is 1.79 bits per heavy atom. The van der Waals surface area contributed by atoms with Crippen molar-refractivity contribution in [3.63, 3.8) is 0 Å². The van der Waals surface area contributed by atoms with Crippen molar-refractivity contribution in [1.29, 1.82) is 0 Å². The highest BCUT2D eigenvalue weighted by Crippen LogP contribution is 2.05. The largest absolute Gasteiger partial charge is 0.390 e. The van der Waals surface area contributed by atoms with E-state index in [0.29, 0.717) is 11.3 Å². The van der Waals surface area contributed by atoms with Crippen LogP contribution < -0.4 is 0 Å². The zero-order valence-electron chi connectivity index (χ0n) is 8.19. The van der Waals surface area contributed by atoms with E-state index in [0.717, 1.165) is 5.69 Å². The van der Waals surface area contributed by atoms with Crippen LogP contribution in [0.3, 0.4) is 0 Å². The molecule has 0 aromatic carbocycles. The first-order valence-corrected chi connectivity index (χ1v) is 6.29. The number of aromatic nitrogens is 2. The molecule has 2 unspecified atom stereocenters. The smallest absolute Gasteiger partial charge is 0.177 e. The standard InChI is InChI=1S/C8H14N2O2S2/c1-6(14(2)12)4-10-7(5-11)3-9-8(10)13/h3,6,11H,4-5H2,1-2H3,(H,9,13). The lowest BCUT2D eigenvalue weighted by Crippen LogP contribution is -2.19. The van der Waals surface area contributed by atoms with Gasteiger partial charge in [0.15, 0.2) is 4.77 Å². The van der Waals surface area contributed by atoms with Gasteiger partial charge in [-0.2, -0.15) is 0 Å². The predicted octanol–water partition coefficient (Wildman–Crippen LogP) is 0.805. The van der Waals surface area contributed by atoms with E-state index in [4.69, 9.17) is 17.3 Å². The van der Waals surface area contributed by atoms with Gasteiger partial charge >= 0.3 is 0 Å². The molecule has 1 aromatic heterocycles. The predicted molar refractivity (Wildman–Crippen MR) is 59.1 cm³/mol. The Hall–Kier alpha value is -0.460. The molecule has 2 atom stereocenters. The average Bonchev–Trinajstić information content (AvgIpc) is 2.47. The number of rotatable bonds is 4. The van der Waals surface area contributed by atoms with Crippen LogP contribution >= 0.6 is 12.2 Å². The van der Waals surface area contributed by atoms with Gasteiger partial charge in [-0.15, -0.1) is 0 Å². The highest BCUT2D eigenvalue weighted by atomic mass is 32.2. The highest BCUT2D eigenvalue weighted by molar-refractivity contribution is 7.84. The van der Waals surface area contributed by atoms with Gasteiger partial charge in [0.1, 0.15) is 0 Å². The van der Waals surface area contributed by atoms with Gasteiger partial charge in [-0.1, -0.05) is 0 Å². The molecular weight excluding hydrogens is 220 g/mol. The molecule has 6 heteroatoms. The SMILES string of the molecule is CC(Cn1c(CO)c[nH]c1=S)S(C)=O. The Morgan fingerprint density at radius 3 is 2.93 bits per heavy atom. The Balaban J connectivity index is 2.90. The van der Waals surface area contributed by atoms with E-state index in [1.165, 1.54) is 0 Å². The van der Waals surface area contributed by atoms with Gasteiger partial charge in [0.25, 0.3) is 0 Å². The number of aliphatic hydroxyl groups excluding tert-OH is 1. The topological polar surface area (TPSA) is 58.0 Å². The second-order valence-electron chi connectivity index (χ2n) is 3.16. The summed E-state index contributed by atoms with van der Waals surface area (Å²) in [5.41, 5.74) is 0.729. The summed E-state index contributed by atoms with van der Waals surface area (Å²) in [6, 6.07) is 0. The Morgan fingerprint density at radius 2 is 2.43 bits per heavy atom. The maximum absolute atomic E-state index is 11.2. The maximum Gasteiger partial charge on any atom is 0.177 e. The van der Waals surface area contributed by atoms with E-state index in [9.17, 15) is 4.21 Å². The normalized spacial score (nSPS) is 15.4. The molecule has 2 N–H and O–H groups in total. The summed E-state index contributed by atoms with van der Waals surface area (Å²) in [5, 5.41) is 9.05. The van der Waals surface area contributed by atoms with Crippen molar-refractivity contribution < 1.29 is 9.32 Å². The molecule has 0 spiro atoms. The van der Waals surface area contributed by atoms with Crippen LogP contribution in [0.2, 0.25) is 0 Å². The third-order valence-corrected chi connectivity index (χ3v) is 3.74. The molecule has 0 aliphatic rings. The molecule has 0 amide bonds. The second kappa shape index (κ2) is 4.86. The Kier molecular flexibility index (Phi) is 4.03. The van der Waals surface area contributed by atoms with E-state index in [1.54, 1.807) is 17.0 Å². The van der Waals surface area contributed by atoms with Crippen molar-refractivity contribution >= 4 is 23.0 Å². The molecule has 14 heavy (non-hydrogen) atoms. The van der Waals surface area contributed by atoms with Crippen molar-refractivity contribution in [2.75, 3.05) is 6.26 Å². The molecule has 0 fully saturated rings. The quantitative estimate of drug-likeness (QED) is 0.758. The van der Waals surface area contributed by atoms with E-state index in [2.05, 4.69) is 4.98 Å². The van der Waals surface area contributed by atoms with Gasteiger partial charge < -0.3 is 14.7 Å². The number of hydrogen-bond acceptors (Lipinski definition) is 3. The summed E-state index contributed by atoms with van der Waals surface area (Å²) >= 11 is 5.04. The summed E-state index contributed by atoms with van der Waals surface area (Å²) in [7, 11) is -0.876. The number of hydrogen-bond donors (Lipinski definition) is 2. The first-order chi connectivity index (χ1) is 6.56. The molecule has 0 bridgehead atoms. The van der Waals surface area contributed by atoms with Crippen LogP contribution in [0.25, 0.3) is 0 Å². The zero-order valence-corrected chi connectivity index (χ0v) is 9.82. The van der Waals surface area contributed by atoms with E-state index >= 15 is 0 Å². The number of H-pyrrole nitrogens is 1. The number of aromatic amines is 1. The third-order valence-electron chi connectivity index (χ3n) is 2.12. The van der Waals surface area contributed by atoms with Gasteiger partial charge in [0.2, 0.25) is 0 Å². The fourth-order valence-corrected chi connectivity index (χ4v) is 1.73. The van der Waals surface area contributed by atoms with Crippen LogP contribution in [0.4, 0.5) is 0 Å². The van der Waals surface area contributed by atoms with Crippen LogP contribution in [0.1, 0.15) is 12.6 Å². The first-order valence-electron chi connectivity index (χ1n) is 4.26. The first kappa shape index (κ1) is 11.6. The Labute approximate surface area is 90.4 Å². The van der Waals surface area contributed by atoms with Crippen molar-refractivity contribution in [2.45, 2.75) is 25.3 Å².